The van der Waals surface area contributed by atoms with E-state index < -0.39 is 0 Å². The average Bonchev–Trinajstić information content (AvgIpc) is 2.65. The molecule has 1 aliphatic heterocycles. The first-order chi connectivity index (χ1) is 7.17. The fourth-order valence-corrected chi connectivity index (χ4v) is 2.57. The summed E-state index contributed by atoms with van der Waals surface area (Å²) in [6, 6.07) is 1.46. The van der Waals surface area contributed by atoms with Crippen molar-refractivity contribution in [2.45, 2.75) is 59.0 Å². The predicted octanol–water partition coefficient (Wildman–Crippen LogP) is 2.49. The van der Waals surface area contributed by atoms with Crippen LogP contribution in [0.2, 0.25) is 0 Å². The molecule has 1 atom stereocenters. The second-order valence-corrected chi connectivity index (χ2v) is 5.18. The van der Waals surface area contributed by atoms with Gasteiger partial charge >= 0.3 is 0 Å². The predicted molar refractivity (Wildman–Crippen MR) is 67.2 cm³/mol. The normalized spacial score (nSPS) is 23.2. The van der Waals surface area contributed by atoms with E-state index in [-0.39, 0.29) is 0 Å². The van der Waals surface area contributed by atoms with Crippen molar-refractivity contribution in [3.8, 4) is 0 Å². The average molecular weight is 212 g/mol. The summed E-state index contributed by atoms with van der Waals surface area (Å²) in [4.78, 5) is 2.69. The molecule has 0 aromatic heterocycles. The number of hydrogen-bond acceptors (Lipinski definition) is 2. The summed E-state index contributed by atoms with van der Waals surface area (Å²) in [6.07, 6.45) is 4.00. The van der Waals surface area contributed by atoms with E-state index in [1.807, 2.05) is 0 Å². The van der Waals surface area contributed by atoms with Crippen molar-refractivity contribution in [1.82, 2.24) is 10.2 Å². The monoisotopic (exact) mass is 212 g/mol. The van der Waals surface area contributed by atoms with Crippen LogP contribution in [-0.2, 0) is 0 Å². The van der Waals surface area contributed by atoms with Gasteiger partial charge in [0.2, 0.25) is 0 Å². The second kappa shape index (κ2) is 6.49. The Labute approximate surface area is 95.4 Å². The molecule has 1 N–H and O–H groups in total. The Morgan fingerprint density at radius 2 is 1.93 bits per heavy atom. The van der Waals surface area contributed by atoms with Gasteiger partial charge in [-0.3, -0.25) is 0 Å². The fourth-order valence-electron chi connectivity index (χ4n) is 2.57. The quantitative estimate of drug-likeness (QED) is 0.728. The van der Waals surface area contributed by atoms with Gasteiger partial charge in [0, 0.05) is 18.6 Å². The zero-order valence-corrected chi connectivity index (χ0v) is 10.9. The van der Waals surface area contributed by atoms with Crippen molar-refractivity contribution < 1.29 is 0 Å². The van der Waals surface area contributed by atoms with Gasteiger partial charge in [0.15, 0.2) is 0 Å². The second-order valence-electron chi connectivity index (χ2n) is 5.18. The van der Waals surface area contributed by atoms with Gasteiger partial charge in [-0.25, -0.2) is 0 Å². The highest BCUT2D eigenvalue weighted by molar-refractivity contribution is 4.81. The fraction of sp³-hybridized carbons (Fsp3) is 1.00. The third-order valence-electron chi connectivity index (χ3n) is 3.59. The molecule has 1 saturated heterocycles. The van der Waals surface area contributed by atoms with Crippen LogP contribution in [0.15, 0.2) is 0 Å². The minimum Gasteiger partial charge on any atom is -0.314 e. The first kappa shape index (κ1) is 13.0. The van der Waals surface area contributed by atoms with Crippen molar-refractivity contribution in [3.05, 3.63) is 0 Å². The standard InChI is InChI=1S/C13H28N2/c1-5-13(6-2)15-8-7-12(10-15)9-14-11(3)4/h11-14H,5-10H2,1-4H3. The van der Waals surface area contributed by atoms with Crippen LogP contribution in [0.1, 0.15) is 47.0 Å². The Balaban J connectivity index is 2.25. The molecule has 0 radical (unpaired) electrons. The molecule has 0 bridgehead atoms. The van der Waals surface area contributed by atoms with Crippen LogP contribution in [0.5, 0.6) is 0 Å². The van der Waals surface area contributed by atoms with Gasteiger partial charge in [-0.2, -0.15) is 0 Å². The largest absolute Gasteiger partial charge is 0.314 e. The van der Waals surface area contributed by atoms with Gasteiger partial charge < -0.3 is 10.2 Å². The highest BCUT2D eigenvalue weighted by Crippen LogP contribution is 2.20. The third-order valence-corrected chi connectivity index (χ3v) is 3.59. The molecule has 1 aliphatic rings. The zero-order chi connectivity index (χ0) is 11.3. The SMILES string of the molecule is CCC(CC)N1CCC(CNC(C)C)C1. The number of nitrogens with zero attached hydrogens (tertiary/aromatic N) is 1. The van der Waals surface area contributed by atoms with E-state index >= 15 is 0 Å². The van der Waals surface area contributed by atoms with E-state index in [9.17, 15) is 0 Å². The lowest BCUT2D eigenvalue weighted by Gasteiger charge is -2.25. The van der Waals surface area contributed by atoms with Crippen LogP contribution in [0.3, 0.4) is 0 Å². The summed E-state index contributed by atoms with van der Waals surface area (Å²) >= 11 is 0. The number of rotatable bonds is 6. The molecule has 1 fully saturated rings. The molecule has 1 rings (SSSR count). The van der Waals surface area contributed by atoms with Gasteiger partial charge in [0.1, 0.15) is 0 Å². The van der Waals surface area contributed by atoms with E-state index in [4.69, 9.17) is 0 Å². The number of likely N-dealkylation sites (tertiary alicyclic amines) is 1. The molecular formula is C13H28N2. The van der Waals surface area contributed by atoms with E-state index in [1.54, 1.807) is 0 Å². The molecule has 15 heavy (non-hydrogen) atoms. The molecule has 0 amide bonds. The van der Waals surface area contributed by atoms with Crippen LogP contribution in [0, 0.1) is 5.92 Å². The lowest BCUT2D eigenvalue weighted by molar-refractivity contribution is 0.221. The molecule has 1 unspecified atom stereocenters. The maximum atomic E-state index is 3.56. The Morgan fingerprint density at radius 3 is 2.47 bits per heavy atom. The van der Waals surface area contributed by atoms with Crippen molar-refractivity contribution >= 4 is 0 Å². The Morgan fingerprint density at radius 1 is 1.27 bits per heavy atom. The molecule has 0 aromatic carbocycles. The minimum atomic E-state index is 0.632. The van der Waals surface area contributed by atoms with E-state index in [2.05, 4.69) is 37.9 Å². The topological polar surface area (TPSA) is 15.3 Å². The number of nitrogens with one attached hydrogen (secondary N) is 1. The minimum absolute atomic E-state index is 0.632. The summed E-state index contributed by atoms with van der Waals surface area (Å²) in [7, 11) is 0. The molecule has 0 aliphatic carbocycles. The van der Waals surface area contributed by atoms with Crippen molar-refractivity contribution in [2.75, 3.05) is 19.6 Å². The first-order valence-corrected chi connectivity index (χ1v) is 6.64. The van der Waals surface area contributed by atoms with Gasteiger partial charge in [-0.15, -0.1) is 0 Å². The highest BCUT2D eigenvalue weighted by atomic mass is 15.2. The summed E-state index contributed by atoms with van der Waals surface area (Å²) in [6.45, 7) is 12.9. The number of hydrogen-bond donors (Lipinski definition) is 1. The van der Waals surface area contributed by atoms with Crippen LogP contribution in [0.25, 0.3) is 0 Å². The Hall–Kier alpha value is -0.0800. The smallest absolute Gasteiger partial charge is 0.00901 e. The maximum absolute atomic E-state index is 3.56. The van der Waals surface area contributed by atoms with Crippen LogP contribution in [0.4, 0.5) is 0 Å². The first-order valence-electron chi connectivity index (χ1n) is 6.64. The summed E-state index contributed by atoms with van der Waals surface area (Å²) < 4.78 is 0. The van der Waals surface area contributed by atoms with Crippen LogP contribution < -0.4 is 5.32 Å². The maximum Gasteiger partial charge on any atom is 0.00901 e. The van der Waals surface area contributed by atoms with Crippen molar-refractivity contribution in [3.63, 3.8) is 0 Å². The summed E-state index contributed by atoms with van der Waals surface area (Å²) in [5, 5.41) is 3.56. The van der Waals surface area contributed by atoms with Gasteiger partial charge in [-0.1, -0.05) is 27.7 Å². The van der Waals surface area contributed by atoms with Crippen molar-refractivity contribution in [1.29, 1.82) is 0 Å². The lowest BCUT2D eigenvalue weighted by Crippen LogP contribution is -2.34. The molecular weight excluding hydrogens is 184 g/mol. The molecule has 0 spiro atoms. The molecule has 0 aromatic rings. The molecule has 2 heteroatoms. The lowest BCUT2D eigenvalue weighted by atomic mass is 10.1. The Kier molecular flexibility index (Phi) is 5.62. The van der Waals surface area contributed by atoms with E-state index in [0.29, 0.717) is 6.04 Å². The van der Waals surface area contributed by atoms with Gasteiger partial charge in [-0.05, 0) is 38.3 Å². The van der Waals surface area contributed by atoms with Crippen molar-refractivity contribution in [2.24, 2.45) is 5.92 Å². The van der Waals surface area contributed by atoms with E-state index in [0.717, 1.165) is 12.0 Å². The van der Waals surface area contributed by atoms with E-state index in [1.165, 1.54) is 38.9 Å². The molecule has 0 saturated carbocycles. The molecule has 90 valence electrons. The Bertz CT molecular complexity index is 164. The third kappa shape index (κ3) is 4.12. The molecule has 2 nitrogen and oxygen atoms in total. The summed E-state index contributed by atoms with van der Waals surface area (Å²) in [5.41, 5.74) is 0. The highest BCUT2D eigenvalue weighted by Gasteiger charge is 2.26. The van der Waals surface area contributed by atoms with Gasteiger partial charge in [0.05, 0.1) is 0 Å². The van der Waals surface area contributed by atoms with Crippen LogP contribution >= 0.6 is 0 Å². The van der Waals surface area contributed by atoms with Gasteiger partial charge in [0.25, 0.3) is 0 Å². The zero-order valence-electron chi connectivity index (χ0n) is 10.9. The summed E-state index contributed by atoms with van der Waals surface area (Å²) in [5.74, 6) is 0.882. The molecule has 1 heterocycles. The van der Waals surface area contributed by atoms with Crippen LogP contribution in [-0.4, -0.2) is 36.6 Å².